The van der Waals surface area contributed by atoms with Crippen LogP contribution in [0.2, 0.25) is 5.02 Å². The molecule has 2 aliphatic rings. The third kappa shape index (κ3) is 3.52. The van der Waals surface area contributed by atoms with Gasteiger partial charge in [0.25, 0.3) is 5.91 Å². The van der Waals surface area contributed by atoms with Crippen LogP contribution >= 0.6 is 11.6 Å². The van der Waals surface area contributed by atoms with Crippen LogP contribution in [0, 0.1) is 5.92 Å². The highest BCUT2D eigenvalue weighted by Gasteiger charge is 2.59. The van der Waals surface area contributed by atoms with E-state index >= 15 is 0 Å². The van der Waals surface area contributed by atoms with E-state index in [9.17, 15) is 9.59 Å². The Labute approximate surface area is 185 Å². The normalized spacial score (nSPS) is 23.1. The van der Waals surface area contributed by atoms with Crippen LogP contribution in [0.15, 0.2) is 91.0 Å². The van der Waals surface area contributed by atoms with Gasteiger partial charge < -0.3 is 0 Å². The van der Waals surface area contributed by atoms with E-state index in [2.05, 4.69) is 0 Å². The number of carbonyl (C=O) groups is 2. The molecule has 154 valence electrons. The molecule has 0 aromatic heterocycles. The summed E-state index contributed by atoms with van der Waals surface area (Å²) in [7, 11) is 0. The zero-order valence-electron chi connectivity index (χ0n) is 16.5. The van der Waals surface area contributed by atoms with Gasteiger partial charge in [-0.15, -0.1) is 0 Å². The van der Waals surface area contributed by atoms with E-state index in [1.807, 2.05) is 72.8 Å². The van der Waals surface area contributed by atoms with Crippen LogP contribution in [0.3, 0.4) is 0 Å². The molecule has 0 N–H and O–H groups in total. The Morgan fingerprint density at radius 2 is 1.39 bits per heavy atom. The first-order valence-electron chi connectivity index (χ1n) is 10.0. The first-order chi connectivity index (χ1) is 15.1. The molecule has 5 nitrogen and oxygen atoms in total. The van der Waals surface area contributed by atoms with Crippen molar-refractivity contribution in [3.05, 3.63) is 102 Å². The van der Waals surface area contributed by atoms with Crippen LogP contribution in [-0.4, -0.2) is 24.0 Å². The standard InChI is InChI=1S/C25H19ClN2O3/c26-18-14-11-17(12-15-18)13-16-21-22-23(31-28(21)20-9-5-2-6-10-20)25(30)27(24(22)29)19-7-3-1-4-8-19/h1-16,21-23H/b16-13-/t21-,22+,23-/m1/s1. The molecule has 0 radical (unpaired) electrons. The summed E-state index contributed by atoms with van der Waals surface area (Å²) in [6.07, 6.45) is 2.97. The molecule has 2 amide bonds. The molecule has 2 heterocycles. The fraction of sp³-hybridized carbons (Fsp3) is 0.120. The van der Waals surface area contributed by atoms with Gasteiger partial charge in [0.05, 0.1) is 17.4 Å². The van der Waals surface area contributed by atoms with Crippen LogP contribution in [-0.2, 0) is 14.4 Å². The van der Waals surface area contributed by atoms with Gasteiger partial charge in [-0.1, -0.05) is 72.3 Å². The molecular weight excluding hydrogens is 412 g/mol. The largest absolute Gasteiger partial charge is 0.273 e. The molecule has 0 spiro atoms. The monoisotopic (exact) mass is 430 g/mol. The van der Waals surface area contributed by atoms with E-state index in [0.717, 1.165) is 11.3 Å². The summed E-state index contributed by atoms with van der Waals surface area (Å²) >= 11 is 5.98. The van der Waals surface area contributed by atoms with Gasteiger partial charge in [-0.25, -0.2) is 9.96 Å². The zero-order valence-corrected chi connectivity index (χ0v) is 17.2. The maximum atomic E-state index is 13.4. The minimum absolute atomic E-state index is 0.259. The van der Waals surface area contributed by atoms with Crippen molar-refractivity contribution in [3.8, 4) is 0 Å². The SMILES string of the molecule is O=C1[C@H]2[C@@H](/C=C\c3ccc(Cl)cc3)N(c3ccccc3)O[C@H]2C(=O)N1c1ccccc1. The fourth-order valence-corrected chi connectivity index (χ4v) is 4.19. The Morgan fingerprint density at radius 1 is 0.774 bits per heavy atom. The van der Waals surface area contributed by atoms with Gasteiger partial charge >= 0.3 is 0 Å². The number of fused-ring (bicyclic) bond motifs is 1. The average molecular weight is 431 g/mol. The molecule has 2 fully saturated rings. The molecule has 0 saturated carbocycles. The number of hydroxylamine groups is 1. The number of hydrogen-bond acceptors (Lipinski definition) is 4. The van der Waals surface area contributed by atoms with Gasteiger partial charge in [-0.3, -0.25) is 14.4 Å². The van der Waals surface area contributed by atoms with Gasteiger partial charge in [0.2, 0.25) is 5.91 Å². The second-order valence-electron chi connectivity index (χ2n) is 7.46. The van der Waals surface area contributed by atoms with E-state index < -0.39 is 18.1 Å². The summed E-state index contributed by atoms with van der Waals surface area (Å²) in [5.74, 6) is -1.24. The Bertz CT molecular complexity index is 1130. The van der Waals surface area contributed by atoms with Crippen LogP contribution < -0.4 is 9.96 Å². The lowest BCUT2D eigenvalue weighted by atomic mass is 9.95. The van der Waals surface area contributed by atoms with Gasteiger partial charge in [0.15, 0.2) is 6.10 Å². The van der Waals surface area contributed by atoms with Crippen molar-refractivity contribution < 1.29 is 14.4 Å². The Kier molecular flexibility index (Phi) is 5.06. The van der Waals surface area contributed by atoms with E-state index in [4.69, 9.17) is 16.4 Å². The number of nitrogens with zero attached hydrogens (tertiary/aromatic N) is 2. The summed E-state index contributed by atoms with van der Waals surface area (Å²) in [5, 5.41) is 2.32. The Morgan fingerprint density at radius 3 is 2.03 bits per heavy atom. The highest BCUT2D eigenvalue weighted by molar-refractivity contribution is 6.30. The Balaban J connectivity index is 1.52. The second kappa shape index (κ2) is 8.02. The molecule has 3 aromatic rings. The summed E-state index contributed by atoms with van der Waals surface area (Å²) in [6.45, 7) is 0. The smallest absolute Gasteiger partial charge is 0.266 e. The number of para-hydroxylation sites is 2. The van der Waals surface area contributed by atoms with Crippen molar-refractivity contribution in [3.63, 3.8) is 0 Å². The predicted molar refractivity (Wildman–Crippen MR) is 120 cm³/mol. The van der Waals surface area contributed by atoms with E-state index in [0.29, 0.717) is 10.7 Å². The molecule has 31 heavy (non-hydrogen) atoms. The van der Waals surface area contributed by atoms with Crippen LogP contribution in [0.4, 0.5) is 11.4 Å². The number of benzene rings is 3. The average Bonchev–Trinajstić information content (AvgIpc) is 3.30. The first-order valence-corrected chi connectivity index (χ1v) is 10.4. The van der Waals surface area contributed by atoms with E-state index in [-0.39, 0.29) is 11.8 Å². The molecule has 5 rings (SSSR count). The van der Waals surface area contributed by atoms with Gasteiger partial charge in [-0.05, 0) is 42.0 Å². The summed E-state index contributed by atoms with van der Waals surface area (Å²) in [5.41, 5.74) is 2.29. The number of amides is 2. The third-order valence-corrected chi connectivity index (χ3v) is 5.79. The highest BCUT2D eigenvalue weighted by atomic mass is 35.5. The topological polar surface area (TPSA) is 49.9 Å². The second-order valence-corrected chi connectivity index (χ2v) is 7.90. The maximum Gasteiger partial charge on any atom is 0.266 e. The number of hydrogen-bond donors (Lipinski definition) is 0. The van der Waals surface area contributed by atoms with Crippen molar-refractivity contribution in [2.45, 2.75) is 12.1 Å². The van der Waals surface area contributed by atoms with E-state index in [1.165, 1.54) is 4.90 Å². The number of imide groups is 1. The molecule has 0 aliphatic carbocycles. The molecule has 3 aromatic carbocycles. The molecule has 0 bridgehead atoms. The third-order valence-electron chi connectivity index (χ3n) is 5.54. The number of halogens is 1. The van der Waals surface area contributed by atoms with Gasteiger partial charge in [0, 0.05) is 5.02 Å². The quantitative estimate of drug-likeness (QED) is 0.561. The number of rotatable bonds is 4. The lowest BCUT2D eigenvalue weighted by molar-refractivity contribution is -0.126. The molecule has 2 aliphatic heterocycles. The van der Waals surface area contributed by atoms with Crippen molar-refractivity contribution in [2.24, 2.45) is 5.92 Å². The minimum atomic E-state index is -0.868. The summed E-state index contributed by atoms with van der Waals surface area (Å²) < 4.78 is 0. The zero-order chi connectivity index (χ0) is 21.4. The van der Waals surface area contributed by atoms with Crippen molar-refractivity contribution >= 4 is 40.9 Å². The lowest BCUT2D eigenvalue weighted by Gasteiger charge is -2.26. The maximum absolute atomic E-state index is 13.4. The van der Waals surface area contributed by atoms with Crippen LogP contribution in [0.1, 0.15) is 5.56 Å². The van der Waals surface area contributed by atoms with Crippen LogP contribution in [0.25, 0.3) is 6.08 Å². The van der Waals surface area contributed by atoms with Gasteiger partial charge in [0.1, 0.15) is 5.92 Å². The van der Waals surface area contributed by atoms with Crippen LogP contribution in [0.5, 0.6) is 0 Å². The first kappa shape index (κ1) is 19.5. The predicted octanol–water partition coefficient (Wildman–Crippen LogP) is 4.73. The van der Waals surface area contributed by atoms with Crippen molar-refractivity contribution in [1.29, 1.82) is 0 Å². The molecule has 0 unspecified atom stereocenters. The minimum Gasteiger partial charge on any atom is -0.273 e. The summed E-state index contributed by atoms with van der Waals surface area (Å²) in [4.78, 5) is 33.8. The summed E-state index contributed by atoms with van der Waals surface area (Å²) in [6, 6.07) is 25.4. The molecular formula is C25H19ClN2O3. The van der Waals surface area contributed by atoms with Crippen molar-refractivity contribution in [2.75, 3.05) is 9.96 Å². The van der Waals surface area contributed by atoms with E-state index in [1.54, 1.807) is 29.3 Å². The highest BCUT2D eigenvalue weighted by Crippen LogP contribution is 2.40. The molecule has 6 heteroatoms. The van der Waals surface area contributed by atoms with Gasteiger partial charge in [-0.2, -0.15) is 0 Å². The molecule has 3 atom stereocenters. The number of carbonyl (C=O) groups excluding carboxylic acids is 2. The number of anilines is 2. The lowest BCUT2D eigenvalue weighted by Crippen LogP contribution is -2.39. The molecule has 2 saturated heterocycles. The Hall–Kier alpha value is -3.41. The fourth-order valence-electron chi connectivity index (χ4n) is 4.06. The van der Waals surface area contributed by atoms with Crippen molar-refractivity contribution in [1.82, 2.24) is 0 Å².